The van der Waals surface area contributed by atoms with E-state index >= 15 is 4.39 Å². The van der Waals surface area contributed by atoms with Crippen LogP contribution >= 0.6 is 0 Å². The van der Waals surface area contributed by atoms with E-state index in [4.69, 9.17) is 0 Å². The lowest BCUT2D eigenvalue weighted by molar-refractivity contribution is -0.116. The van der Waals surface area contributed by atoms with Crippen molar-refractivity contribution in [1.29, 1.82) is 0 Å². The van der Waals surface area contributed by atoms with Crippen LogP contribution in [0.15, 0.2) is 62.3 Å². The number of anilines is 1. The molecule has 0 aliphatic heterocycles. The standard InChI is InChI=1S/C23H22FN7O/c1-5-31(6-2)13-21(32)27-16-7-14(3)22(18(24)8-16)19-9-17-20(11-25-19)28-29-23(17)15-10-26-30(4)12-15/h5-12H,1-2,13H2,3-4H3,(H,27,32)(H,28,29). The number of nitrogens with one attached hydrogen (secondary N) is 2. The van der Waals surface area contributed by atoms with Gasteiger partial charge >= 0.3 is 0 Å². The molecule has 1 amide bonds. The first-order chi connectivity index (χ1) is 15.4. The Bertz CT molecular complexity index is 1310. The van der Waals surface area contributed by atoms with E-state index in [0.717, 1.165) is 16.5 Å². The van der Waals surface area contributed by atoms with Gasteiger partial charge in [0, 0.05) is 35.4 Å². The van der Waals surface area contributed by atoms with Gasteiger partial charge in [0.1, 0.15) is 18.1 Å². The summed E-state index contributed by atoms with van der Waals surface area (Å²) in [7, 11) is 1.83. The summed E-state index contributed by atoms with van der Waals surface area (Å²) >= 11 is 0. The van der Waals surface area contributed by atoms with E-state index in [2.05, 4.69) is 38.8 Å². The largest absolute Gasteiger partial charge is 0.346 e. The average Bonchev–Trinajstić information content (AvgIpc) is 3.37. The Hall–Kier alpha value is -4.27. The van der Waals surface area contributed by atoms with Gasteiger partial charge in [-0.2, -0.15) is 10.2 Å². The number of carbonyl (C=O) groups is 1. The van der Waals surface area contributed by atoms with Gasteiger partial charge in [-0.1, -0.05) is 13.2 Å². The first kappa shape index (κ1) is 21.0. The Kier molecular flexibility index (Phi) is 5.55. The molecule has 0 atom stereocenters. The van der Waals surface area contributed by atoms with Crippen molar-refractivity contribution < 1.29 is 9.18 Å². The third-order valence-corrected chi connectivity index (χ3v) is 5.05. The fraction of sp³-hybridized carbons (Fsp3) is 0.130. The maximum absolute atomic E-state index is 15.1. The lowest BCUT2D eigenvalue weighted by Gasteiger charge is -2.15. The summed E-state index contributed by atoms with van der Waals surface area (Å²) in [5, 5.41) is 15.0. The average molecular weight is 431 g/mol. The number of aromatic amines is 1. The Morgan fingerprint density at radius 1 is 1.28 bits per heavy atom. The van der Waals surface area contributed by atoms with Crippen LogP contribution in [-0.2, 0) is 11.8 Å². The van der Waals surface area contributed by atoms with Gasteiger partial charge in [0.05, 0.1) is 23.6 Å². The molecule has 8 nitrogen and oxygen atoms in total. The summed E-state index contributed by atoms with van der Waals surface area (Å²) < 4.78 is 16.8. The summed E-state index contributed by atoms with van der Waals surface area (Å²) in [6, 6.07) is 4.80. The molecule has 0 unspecified atom stereocenters. The summed E-state index contributed by atoms with van der Waals surface area (Å²) in [5.41, 5.74) is 4.14. The molecule has 3 aromatic heterocycles. The molecular formula is C23H22FN7O. The number of aromatic nitrogens is 5. The number of hydrogen-bond donors (Lipinski definition) is 2. The molecule has 1 aromatic carbocycles. The van der Waals surface area contributed by atoms with E-state index < -0.39 is 5.82 Å². The Labute approximate surface area is 184 Å². The number of hydrogen-bond acceptors (Lipinski definition) is 5. The number of H-pyrrole nitrogens is 1. The van der Waals surface area contributed by atoms with Crippen LogP contribution in [0, 0.1) is 12.7 Å². The molecule has 9 heteroatoms. The van der Waals surface area contributed by atoms with Gasteiger partial charge in [0.15, 0.2) is 0 Å². The Morgan fingerprint density at radius 2 is 2.06 bits per heavy atom. The minimum Gasteiger partial charge on any atom is -0.346 e. The number of aryl methyl sites for hydroxylation is 2. The highest BCUT2D eigenvalue weighted by Gasteiger charge is 2.17. The van der Waals surface area contributed by atoms with Gasteiger partial charge in [-0.15, -0.1) is 0 Å². The van der Waals surface area contributed by atoms with Crippen molar-refractivity contribution in [3.05, 3.63) is 73.7 Å². The Morgan fingerprint density at radius 3 is 2.72 bits per heavy atom. The second-order valence-electron chi connectivity index (χ2n) is 7.33. The maximum Gasteiger partial charge on any atom is 0.244 e. The van der Waals surface area contributed by atoms with Gasteiger partial charge in [0.2, 0.25) is 5.91 Å². The summed E-state index contributed by atoms with van der Waals surface area (Å²) in [6.07, 6.45) is 8.18. The summed E-state index contributed by atoms with van der Waals surface area (Å²) in [6.45, 7) is 9.02. The minimum atomic E-state index is -0.483. The van der Waals surface area contributed by atoms with Crippen molar-refractivity contribution in [2.24, 2.45) is 7.05 Å². The molecule has 0 radical (unpaired) electrons. The van der Waals surface area contributed by atoms with Crippen LogP contribution in [0.1, 0.15) is 5.56 Å². The first-order valence-electron chi connectivity index (χ1n) is 9.84. The quantitative estimate of drug-likeness (QED) is 0.462. The highest BCUT2D eigenvalue weighted by Crippen LogP contribution is 2.32. The predicted octanol–water partition coefficient (Wildman–Crippen LogP) is 4.00. The summed E-state index contributed by atoms with van der Waals surface area (Å²) in [4.78, 5) is 18.1. The molecule has 0 bridgehead atoms. The number of benzene rings is 1. The normalized spacial score (nSPS) is 10.8. The smallest absolute Gasteiger partial charge is 0.244 e. The lowest BCUT2D eigenvalue weighted by atomic mass is 10.0. The number of fused-ring (bicyclic) bond motifs is 1. The number of halogens is 1. The van der Waals surface area contributed by atoms with Gasteiger partial charge in [-0.25, -0.2) is 4.39 Å². The highest BCUT2D eigenvalue weighted by atomic mass is 19.1. The van der Waals surface area contributed by atoms with E-state index in [1.807, 2.05) is 13.2 Å². The van der Waals surface area contributed by atoms with E-state index in [-0.39, 0.29) is 12.5 Å². The van der Waals surface area contributed by atoms with Crippen LogP contribution in [0.3, 0.4) is 0 Å². The molecule has 0 saturated carbocycles. The van der Waals surface area contributed by atoms with Crippen molar-refractivity contribution in [3.63, 3.8) is 0 Å². The summed E-state index contributed by atoms with van der Waals surface area (Å²) in [5.74, 6) is -0.793. The predicted molar refractivity (Wildman–Crippen MR) is 122 cm³/mol. The van der Waals surface area contributed by atoms with Crippen LogP contribution in [0.4, 0.5) is 10.1 Å². The molecule has 4 aromatic rings. The zero-order valence-corrected chi connectivity index (χ0v) is 17.8. The first-order valence-corrected chi connectivity index (χ1v) is 9.84. The van der Waals surface area contributed by atoms with Crippen LogP contribution < -0.4 is 5.32 Å². The molecule has 3 heterocycles. The van der Waals surface area contributed by atoms with E-state index in [0.29, 0.717) is 28.2 Å². The molecule has 32 heavy (non-hydrogen) atoms. The second kappa shape index (κ2) is 8.46. The molecule has 0 aliphatic rings. The van der Waals surface area contributed by atoms with Crippen LogP contribution in [0.5, 0.6) is 0 Å². The number of pyridine rings is 1. The minimum absolute atomic E-state index is 0.0330. The van der Waals surface area contributed by atoms with Gasteiger partial charge < -0.3 is 10.2 Å². The monoisotopic (exact) mass is 431 g/mol. The van der Waals surface area contributed by atoms with Crippen molar-refractivity contribution in [2.75, 3.05) is 11.9 Å². The topological polar surface area (TPSA) is 91.7 Å². The number of rotatable bonds is 7. The van der Waals surface area contributed by atoms with Crippen molar-refractivity contribution in [1.82, 2.24) is 29.9 Å². The SMILES string of the molecule is C=CN(C=C)CC(=O)Nc1cc(C)c(-c2cc3c(-c4cnn(C)c4)n[nH]c3cn2)c(F)c1. The molecular weight excluding hydrogens is 409 g/mol. The zero-order chi connectivity index (χ0) is 22.8. The van der Waals surface area contributed by atoms with Gasteiger partial charge in [-0.05, 0) is 43.1 Å². The van der Waals surface area contributed by atoms with Gasteiger partial charge in [0.25, 0.3) is 0 Å². The van der Waals surface area contributed by atoms with Crippen molar-refractivity contribution in [2.45, 2.75) is 6.92 Å². The van der Waals surface area contributed by atoms with Crippen LogP contribution in [0.25, 0.3) is 33.4 Å². The van der Waals surface area contributed by atoms with Crippen molar-refractivity contribution in [3.8, 4) is 22.5 Å². The molecule has 2 N–H and O–H groups in total. The van der Waals surface area contributed by atoms with Crippen LogP contribution in [-0.4, -0.2) is 42.3 Å². The molecule has 0 aliphatic carbocycles. The molecule has 0 fully saturated rings. The highest BCUT2D eigenvalue weighted by molar-refractivity contribution is 5.95. The maximum atomic E-state index is 15.1. The number of nitrogens with zero attached hydrogens (tertiary/aromatic N) is 5. The van der Waals surface area contributed by atoms with E-state index in [1.165, 1.54) is 23.4 Å². The van der Waals surface area contributed by atoms with Crippen LogP contribution in [0.2, 0.25) is 0 Å². The van der Waals surface area contributed by atoms with E-state index in [9.17, 15) is 4.79 Å². The third-order valence-electron chi connectivity index (χ3n) is 5.05. The Balaban J connectivity index is 1.67. The van der Waals surface area contributed by atoms with Crippen molar-refractivity contribution >= 4 is 22.5 Å². The molecule has 162 valence electrons. The lowest BCUT2D eigenvalue weighted by Crippen LogP contribution is -2.25. The fourth-order valence-electron chi connectivity index (χ4n) is 3.53. The third kappa shape index (κ3) is 4.00. The fourth-order valence-corrected chi connectivity index (χ4v) is 3.53. The van der Waals surface area contributed by atoms with Gasteiger partial charge in [-0.3, -0.25) is 19.6 Å². The molecule has 4 rings (SSSR count). The number of carbonyl (C=O) groups excluding carboxylic acids is 1. The van der Waals surface area contributed by atoms with E-state index in [1.54, 1.807) is 36.1 Å². The number of amides is 1. The molecule has 0 spiro atoms. The molecule has 0 saturated heterocycles. The second-order valence-corrected chi connectivity index (χ2v) is 7.33. The zero-order valence-electron chi connectivity index (χ0n) is 17.8.